The lowest BCUT2D eigenvalue weighted by Crippen LogP contribution is -2.31. The molecule has 0 saturated carbocycles. The van der Waals surface area contributed by atoms with Gasteiger partial charge in [0.25, 0.3) is 0 Å². The van der Waals surface area contributed by atoms with Crippen molar-refractivity contribution in [3.8, 4) is 5.75 Å². The standard InChI is InChI=1S/C15H27BN2O3/c1-4-18(10-6-9-17(2)3)11-12-21-15-8-5-7-14(13-15)16(19)20/h5,7-8,13,19-20H,4,6,9-12H2,1-3H3. The van der Waals surface area contributed by atoms with Gasteiger partial charge < -0.3 is 24.6 Å². The third kappa shape index (κ3) is 7.48. The van der Waals surface area contributed by atoms with E-state index < -0.39 is 7.12 Å². The minimum atomic E-state index is -1.45. The summed E-state index contributed by atoms with van der Waals surface area (Å²) < 4.78 is 5.68. The number of nitrogens with zero attached hydrogens (tertiary/aromatic N) is 2. The third-order valence-electron chi connectivity index (χ3n) is 3.36. The van der Waals surface area contributed by atoms with Crippen molar-refractivity contribution >= 4 is 12.6 Å². The van der Waals surface area contributed by atoms with E-state index in [0.717, 1.165) is 32.6 Å². The van der Waals surface area contributed by atoms with Crippen LogP contribution in [0.4, 0.5) is 0 Å². The van der Waals surface area contributed by atoms with Crippen LogP contribution in [-0.2, 0) is 0 Å². The lowest BCUT2D eigenvalue weighted by molar-refractivity contribution is 0.208. The monoisotopic (exact) mass is 294 g/mol. The van der Waals surface area contributed by atoms with Gasteiger partial charge in [-0.05, 0) is 57.7 Å². The number of likely N-dealkylation sites (N-methyl/N-ethyl adjacent to an activating group) is 1. The highest BCUT2D eigenvalue weighted by Gasteiger charge is 2.11. The van der Waals surface area contributed by atoms with Gasteiger partial charge in [-0.2, -0.15) is 0 Å². The maximum absolute atomic E-state index is 9.13. The van der Waals surface area contributed by atoms with Crippen molar-refractivity contribution in [3.05, 3.63) is 24.3 Å². The van der Waals surface area contributed by atoms with E-state index in [4.69, 9.17) is 14.8 Å². The minimum Gasteiger partial charge on any atom is -0.492 e. The van der Waals surface area contributed by atoms with Crippen LogP contribution in [0.5, 0.6) is 5.75 Å². The van der Waals surface area contributed by atoms with Crippen LogP contribution in [0.1, 0.15) is 13.3 Å². The molecule has 0 aliphatic rings. The van der Waals surface area contributed by atoms with E-state index in [2.05, 4.69) is 30.8 Å². The maximum Gasteiger partial charge on any atom is 0.488 e. The minimum absolute atomic E-state index is 0.450. The van der Waals surface area contributed by atoms with Crippen LogP contribution < -0.4 is 10.2 Å². The van der Waals surface area contributed by atoms with Gasteiger partial charge in [0.1, 0.15) is 12.4 Å². The first-order chi connectivity index (χ1) is 10.0. The molecule has 5 nitrogen and oxygen atoms in total. The van der Waals surface area contributed by atoms with Crippen LogP contribution in [-0.4, -0.2) is 73.8 Å². The second-order valence-corrected chi connectivity index (χ2v) is 5.39. The fraction of sp³-hybridized carbons (Fsp3) is 0.600. The van der Waals surface area contributed by atoms with Gasteiger partial charge in [-0.1, -0.05) is 19.1 Å². The predicted octanol–water partition coefficient (Wildman–Crippen LogP) is 0.0188. The average molecular weight is 294 g/mol. The lowest BCUT2D eigenvalue weighted by atomic mass is 9.80. The van der Waals surface area contributed by atoms with Crippen molar-refractivity contribution in [1.82, 2.24) is 9.80 Å². The molecule has 0 heterocycles. The second kappa shape index (κ2) is 9.79. The molecule has 0 amide bonds. The molecule has 0 unspecified atom stereocenters. The van der Waals surface area contributed by atoms with Crippen LogP contribution in [0.15, 0.2) is 24.3 Å². The van der Waals surface area contributed by atoms with Crippen molar-refractivity contribution in [2.75, 3.05) is 46.9 Å². The van der Waals surface area contributed by atoms with E-state index in [-0.39, 0.29) is 0 Å². The van der Waals surface area contributed by atoms with Gasteiger partial charge in [0.05, 0.1) is 0 Å². The summed E-state index contributed by atoms with van der Waals surface area (Å²) in [6.07, 6.45) is 1.15. The van der Waals surface area contributed by atoms with E-state index in [1.807, 2.05) is 6.07 Å². The Morgan fingerprint density at radius 2 is 1.90 bits per heavy atom. The topological polar surface area (TPSA) is 56.2 Å². The molecule has 1 rings (SSSR count). The summed E-state index contributed by atoms with van der Waals surface area (Å²) in [6, 6.07) is 6.91. The number of benzene rings is 1. The lowest BCUT2D eigenvalue weighted by Gasteiger charge is -2.21. The van der Waals surface area contributed by atoms with Crippen LogP contribution in [0.2, 0.25) is 0 Å². The molecule has 0 saturated heterocycles. The number of hydrogen-bond acceptors (Lipinski definition) is 5. The summed E-state index contributed by atoms with van der Waals surface area (Å²) in [4.78, 5) is 4.55. The third-order valence-corrected chi connectivity index (χ3v) is 3.36. The van der Waals surface area contributed by atoms with Crippen LogP contribution in [0, 0.1) is 0 Å². The Kier molecular flexibility index (Phi) is 8.38. The highest BCUT2D eigenvalue weighted by Crippen LogP contribution is 2.07. The number of hydrogen-bond donors (Lipinski definition) is 2. The van der Waals surface area contributed by atoms with Gasteiger partial charge >= 0.3 is 7.12 Å². The molecule has 0 radical (unpaired) electrons. The average Bonchev–Trinajstić information content (AvgIpc) is 2.45. The highest BCUT2D eigenvalue weighted by molar-refractivity contribution is 6.58. The fourth-order valence-electron chi connectivity index (χ4n) is 2.10. The Balaban J connectivity index is 2.32. The zero-order chi connectivity index (χ0) is 15.7. The largest absolute Gasteiger partial charge is 0.492 e. The second-order valence-electron chi connectivity index (χ2n) is 5.39. The highest BCUT2D eigenvalue weighted by atomic mass is 16.5. The number of rotatable bonds is 10. The molecule has 1 aromatic carbocycles. The maximum atomic E-state index is 9.13. The Morgan fingerprint density at radius 3 is 2.52 bits per heavy atom. The van der Waals surface area contributed by atoms with Crippen molar-refractivity contribution < 1.29 is 14.8 Å². The predicted molar refractivity (Wildman–Crippen MR) is 87.0 cm³/mol. The molecule has 0 spiro atoms. The Labute approximate surface area is 128 Å². The first-order valence-electron chi connectivity index (χ1n) is 7.49. The summed E-state index contributed by atoms with van der Waals surface area (Å²) in [5, 5.41) is 18.3. The van der Waals surface area contributed by atoms with E-state index >= 15 is 0 Å². The van der Waals surface area contributed by atoms with Gasteiger partial charge in [-0.3, -0.25) is 0 Å². The van der Waals surface area contributed by atoms with Crippen LogP contribution in [0.3, 0.4) is 0 Å². The SMILES string of the molecule is CCN(CCCN(C)C)CCOc1cccc(B(O)O)c1. The van der Waals surface area contributed by atoms with Gasteiger partial charge in [0, 0.05) is 6.54 Å². The summed E-state index contributed by atoms with van der Waals surface area (Å²) in [6.45, 7) is 6.78. The molecule has 21 heavy (non-hydrogen) atoms. The normalized spacial score (nSPS) is 11.2. The molecule has 1 aromatic rings. The van der Waals surface area contributed by atoms with Crippen LogP contribution >= 0.6 is 0 Å². The van der Waals surface area contributed by atoms with Crippen molar-refractivity contribution in [2.24, 2.45) is 0 Å². The van der Waals surface area contributed by atoms with Gasteiger partial charge in [0.2, 0.25) is 0 Å². The first kappa shape index (κ1) is 18.0. The summed E-state index contributed by atoms with van der Waals surface area (Å²) in [5.41, 5.74) is 0.450. The fourth-order valence-corrected chi connectivity index (χ4v) is 2.10. The van der Waals surface area contributed by atoms with Gasteiger partial charge in [-0.25, -0.2) is 0 Å². The Hall–Kier alpha value is -1.08. The van der Waals surface area contributed by atoms with E-state index in [0.29, 0.717) is 17.8 Å². The van der Waals surface area contributed by atoms with E-state index in [9.17, 15) is 0 Å². The van der Waals surface area contributed by atoms with Crippen molar-refractivity contribution in [3.63, 3.8) is 0 Å². The Morgan fingerprint density at radius 1 is 1.14 bits per heavy atom. The zero-order valence-corrected chi connectivity index (χ0v) is 13.3. The van der Waals surface area contributed by atoms with E-state index in [1.54, 1.807) is 18.2 Å². The molecule has 2 N–H and O–H groups in total. The molecule has 0 aliphatic carbocycles. The van der Waals surface area contributed by atoms with Gasteiger partial charge in [0.15, 0.2) is 0 Å². The van der Waals surface area contributed by atoms with E-state index in [1.165, 1.54) is 0 Å². The molecule has 0 fully saturated rings. The molecule has 0 bridgehead atoms. The number of ether oxygens (including phenoxy) is 1. The quantitative estimate of drug-likeness (QED) is 0.596. The summed E-state index contributed by atoms with van der Waals surface area (Å²) >= 11 is 0. The summed E-state index contributed by atoms with van der Waals surface area (Å²) in [5.74, 6) is 0.671. The summed E-state index contributed by atoms with van der Waals surface area (Å²) in [7, 11) is 2.72. The Bertz CT molecular complexity index is 402. The molecule has 118 valence electrons. The molecule has 0 aliphatic heterocycles. The molecule has 0 atom stereocenters. The molecular formula is C15H27BN2O3. The van der Waals surface area contributed by atoms with Crippen molar-refractivity contribution in [2.45, 2.75) is 13.3 Å². The molecule has 0 aromatic heterocycles. The first-order valence-corrected chi connectivity index (χ1v) is 7.49. The zero-order valence-electron chi connectivity index (χ0n) is 13.3. The van der Waals surface area contributed by atoms with Crippen molar-refractivity contribution in [1.29, 1.82) is 0 Å². The molecular weight excluding hydrogens is 267 g/mol. The van der Waals surface area contributed by atoms with Gasteiger partial charge in [-0.15, -0.1) is 0 Å². The molecule has 6 heteroatoms. The smallest absolute Gasteiger partial charge is 0.488 e. The van der Waals surface area contributed by atoms with Crippen LogP contribution in [0.25, 0.3) is 0 Å².